The summed E-state index contributed by atoms with van der Waals surface area (Å²) in [5.41, 5.74) is 3.92. The number of rotatable bonds is 8. The number of hydrogen-bond donors (Lipinski definition) is 1. The number of aliphatic hydroxyl groups excluding tert-OH is 1. The molecule has 0 aliphatic carbocycles. The molecule has 1 unspecified atom stereocenters. The first-order valence-corrected chi connectivity index (χ1v) is 13.3. The van der Waals surface area contributed by atoms with Crippen molar-refractivity contribution < 1.29 is 24.2 Å². The minimum Gasteiger partial charge on any atom is -0.507 e. The topological polar surface area (TPSA) is 79.3 Å². The van der Waals surface area contributed by atoms with Gasteiger partial charge in [-0.25, -0.2) is 0 Å². The number of carbonyl (C=O) groups is 2. The predicted molar refractivity (Wildman–Crippen MR) is 158 cm³/mol. The number of amides is 1. The number of methoxy groups -OCH3 is 2. The number of hydrogen-bond acceptors (Lipinski definition) is 6. The summed E-state index contributed by atoms with van der Waals surface area (Å²) >= 11 is 0. The van der Waals surface area contributed by atoms with Crippen LogP contribution in [0.5, 0.6) is 11.5 Å². The van der Waals surface area contributed by atoms with Crippen LogP contribution in [0, 0.1) is 0 Å². The van der Waals surface area contributed by atoms with Crippen molar-refractivity contribution in [3.8, 4) is 11.5 Å². The first kappa shape index (κ1) is 28.7. The van der Waals surface area contributed by atoms with Crippen molar-refractivity contribution in [2.75, 3.05) is 39.8 Å². The normalized spacial score (nSPS) is 16.8. The lowest BCUT2D eigenvalue weighted by molar-refractivity contribution is -0.139. The average molecular weight is 543 g/mol. The fourth-order valence-corrected chi connectivity index (χ4v) is 5.05. The first-order chi connectivity index (χ1) is 19.0. The Morgan fingerprint density at radius 3 is 2.12 bits per heavy atom. The van der Waals surface area contributed by atoms with E-state index in [4.69, 9.17) is 9.47 Å². The van der Waals surface area contributed by atoms with Crippen LogP contribution in [0.2, 0.25) is 0 Å². The van der Waals surface area contributed by atoms with Crippen molar-refractivity contribution in [3.63, 3.8) is 0 Å². The van der Waals surface area contributed by atoms with Gasteiger partial charge in [-0.3, -0.25) is 9.59 Å². The van der Waals surface area contributed by atoms with Crippen LogP contribution in [0.15, 0.2) is 72.3 Å². The lowest BCUT2D eigenvalue weighted by Crippen LogP contribution is -2.31. The number of Topliss-reactive ketones (excluding diaryl/α,β-unsaturated/α-hetero) is 1. The van der Waals surface area contributed by atoms with Gasteiger partial charge in [0.15, 0.2) is 0 Å². The molecule has 7 nitrogen and oxygen atoms in total. The molecular formula is C33H38N2O5. The first-order valence-electron chi connectivity index (χ1n) is 13.3. The van der Waals surface area contributed by atoms with Crippen LogP contribution < -0.4 is 14.4 Å². The molecule has 1 amide bonds. The highest BCUT2D eigenvalue weighted by molar-refractivity contribution is 6.46. The van der Waals surface area contributed by atoms with E-state index in [0.29, 0.717) is 24.3 Å². The SMILES string of the molecule is COc1ccc(CCN2C(=O)C(=O)/C(=C(\O)c3ccc(OC)c(C(C)(C)C)c3)C2c2ccc(N(C)C)cc2)cc1. The van der Waals surface area contributed by atoms with Gasteiger partial charge in [0, 0.05) is 37.5 Å². The molecule has 0 radical (unpaired) electrons. The lowest BCUT2D eigenvalue weighted by atomic mass is 9.84. The monoisotopic (exact) mass is 542 g/mol. The van der Waals surface area contributed by atoms with E-state index in [1.807, 2.05) is 73.6 Å². The van der Waals surface area contributed by atoms with E-state index in [2.05, 4.69) is 20.8 Å². The molecule has 1 atom stereocenters. The molecular weight excluding hydrogens is 504 g/mol. The summed E-state index contributed by atoms with van der Waals surface area (Å²) in [6, 6.07) is 20.0. The fourth-order valence-electron chi connectivity index (χ4n) is 5.05. The van der Waals surface area contributed by atoms with Gasteiger partial charge in [-0.1, -0.05) is 45.0 Å². The van der Waals surface area contributed by atoms with E-state index < -0.39 is 17.7 Å². The number of benzene rings is 3. The molecule has 1 aliphatic heterocycles. The number of aliphatic hydroxyl groups is 1. The molecule has 4 rings (SSSR count). The highest BCUT2D eigenvalue weighted by Gasteiger charge is 2.46. The molecule has 3 aromatic carbocycles. The number of ketones is 1. The Bertz CT molecular complexity index is 1420. The van der Waals surface area contributed by atoms with E-state index in [9.17, 15) is 14.7 Å². The van der Waals surface area contributed by atoms with E-state index in [0.717, 1.165) is 28.1 Å². The van der Waals surface area contributed by atoms with Crippen LogP contribution in [0.1, 0.15) is 49.1 Å². The second kappa shape index (κ2) is 11.5. The van der Waals surface area contributed by atoms with Gasteiger partial charge >= 0.3 is 0 Å². The summed E-state index contributed by atoms with van der Waals surface area (Å²) in [6.07, 6.45) is 0.542. The third-order valence-electron chi connectivity index (χ3n) is 7.35. The van der Waals surface area contributed by atoms with Crippen LogP contribution in [0.4, 0.5) is 5.69 Å². The average Bonchev–Trinajstić information content (AvgIpc) is 3.20. The van der Waals surface area contributed by atoms with Crippen molar-refractivity contribution in [1.29, 1.82) is 0 Å². The van der Waals surface area contributed by atoms with Gasteiger partial charge < -0.3 is 24.4 Å². The summed E-state index contributed by atoms with van der Waals surface area (Å²) in [5.74, 6) is -0.0670. The van der Waals surface area contributed by atoms with Crippen LogP contribution in [-0.4, -0.2) is 56.6 Å². The second-order valence-electron chi connectivity index (χ2n) is 11.2. The molecule has 1 saturated heterocycles. The number of anilines is 1. The zero-order valence-corrected chi connectivity index (χ0v) is 24.3. The molecule has 7 heteroatoms. The minimum atomic E-state index is -0.727. The maximum Gasteiger partial charge on any atom is 0.295 e. The number of likely N-dealkylation sites (tertiary alicyclic amines) is 1. The molecule has 1 aliphatic rings. The Morgan fingerprint density at radius 1 is 0.925 bits per heavy atom. The molecule has 1 N–H and O–H groups in total. The van der Waals surface area contributed by atoms with Crippen molar-refractivity contribution >= 4 is 23.1 Å². The molecule has 0 saturated carbocycles. The largest absolute Gasteiger partial charge is 0.507 e. The fraction of sp³-hybridized carbons (Fsp3) is 0.333. The Balaban J connectivity index is 1.81. The molecule has 1 heterocycles. The Hall–Kier alpha value is -4.26. The summed E-state index contributed by atoms with van der Waals surface area (Å²) in [5, 5.41) is 11.6. The Labute approximate surface area is 236 Å². The number of ether oxygens (including phenoxy) is 2. The highest BCUT2D eigenvalue weighted by Crippen LogP contribution is 2.41. The quantitative estimate of drug-likeness (QED) is 0.222. The van der Waals surface area contributed by atoms with E-state index in [-0.39, 0.29) is 16.7 Å². The summed E-state index contributed by atoms with van der Waals surface area (Å²) < 4.78 is 10.8. The van der Waals surface area contributed by atoms with Gasteiger partial charge in [0.05, 0.1) is 25.8 Å². The molecule has 3 aromatic rings. The van der Waals surface area contributed by atoms with Crippen LogP contribution in [-0.2, 0) is 21.4 Å². The van der Waals surface area contributed by atoms with Gasteiger partial charge in [0.1, 0.15) is 17.3 Å². The summed E-state index contributed by atoms with van der Waals surface area (Å²) in [6.45, 7) is 6.47. The lowest BCUT2D eigenvalue weighted by Gasteiger charge is -2.26. The van der Waals surface area contributed by atoms with Crippen LogP contribution in [0.3, 0.4) is 0 Å². The maximum atomic E-state index is 13.5. The Kier molecular flexibility index (Phi) is 8.24. The molecule has 0 bridgehead atoms. The van der Waals surface area contributed by atoms with E-state index >= 15 is 0 Å². The van der Waals surface area contributed by atoms with Gasteiger partial charge in [0.25, 0.3) is 11.7 Å². The number of carbonyl (C=O) groups excluding carboxylic acids is 2. The third-order valence-corrected chi connectivity index (χ3v) is 7.35. The van der Waals surface area contributed by atoms with Crippen molar-refractivity contribution in [1.82, 2.24) is 4.90 Å². The van der Waals surface area contributed by atoms with E-state index in [1.165, 1.54) is 0 Å². The summed E-state index contributed by atoms with van der Waals surface area (Å²) in [4.78, 5) is 30.5. The standard InChI is InChI=1S/C33H38N2O5/c1-33(2,3)26-20-23(12-17-27(26)40-7)30(36)28-29(22-10-13-24(14-11-22)34(4)5)35(32(38)31(28)37)19-18-21-8-15-25(39-6)16-9-21/h8-17,20,29,36H,18-19H2,1-7H3/b30-28-. The minimum absolute atomic E-state index is 0.0855. The molecule has 1 fully saturated rings. The zero-order chi connectivity index (χ0) is 29.2. The van der Waals surface area contributed by atoms with Gasteiger partial charge in [-0.15, -0.1) is 0 Å². The predicted octanol–water partition coefficient (Wildman–Crippen LogP) is 5.73. The molecule has 0 aromatic heterocycles. The van der Waals surface area contributed by atoms with Crippen LogP contribution in [0.25, 0.3) is 5.76 Å². The van der Waals surface area contributed by atoms with E-state index in [1.54, 1.807) is 31.3 Å². The van der Waals surface area contributed by atoms with Crippen molar-refractivity contribution in [2.24, 2.45) is 0 Å². The van der Waals surface area contributed by atoms with Gasteiger partial charge in [0.2, 0.25) is 0 Å². The third kappa shape index (κ3) is 5.69. The van der Waals surface area contributed by atoms with Crippen molar-refractivity contribution in [2.45, 2.75) is 38.6 Å². The van der Waals surface area contributed by atoms with Gasteiger partial charge in [-0.05, 0) is 65.4 Å². The number of nitrogens with zero attached hydrogens (tertiary/aromatic N) is 2. The molecule has 40 heavy (non-hydrogen) atoms. The molecule has 210 valence electrons. The van der Waals surface area contributed by atoms with Gasteiger partial charge in [-0.2, -0.15) is 0 Å². The summed E-state index contributed by atoms with van der Waals surface area (Å²) in [7, 11) is 7.12. The molecule has 0 spiro atoms. The second-order valence-corrected chi connectivity index (χ2v) is 11.2. The zero-order valence-electron chi connectivity index (χ0n) is 24.3. The smallest absolute Gasteiger partial charge is 0.295 e. The highest BCUT2D eigenvalue weighted by atomic mass is 16.5. The van der Waals surface area contributed by atoms with Crippen LogP contribution >= 0.6 is 0 Å². The Morgan fingerprint density at radius 2 is 1.57 bits per heavy atom. The van der Waals surface area contributed by atoms with Crippen molar-refractivity contribution in [3.05, 3.63) is 94.6 Å². The maximum absolute atomic E-state index is 13.5.